The largest absolute Gasteiger partial charge is 0.0654 e. The van der Waals surface area contributed by atoms with Crippen molar-refractivity contribution in [3.63, 3.8) is 0 Å². The molecule has 1 aromatic carbocycles. The summed E-state index contributed by atoms with van der Waals surface area (Å²) < 4.78 is 0. The fraction of sp³-hybridized carbons (Fsp3) is 0.684. The van der Waals surface area contributed by atoms with Gasteiger partial charge < -0.3 is 0 Å². The van der Waals surface area contributed by atoms with Crippen molar-refractivity contribution in [1.82, 2.24) is 0 Å². The molecule has 1 aliphatic carbocycles. The predicted molar refractivity (Wildman–Crippen MR) is 84.7 cm³/mol. The van der Waals surface area contributed by atoms with Crippen molar-refractivity contribution in [2.75, 3.05) is 0 Å². The first-order valence-corrected chi connectivity index (χ1v) is 8.25. The lowest BCUT2D eigenvalue weighted by molar-refractivity contribution is 0.182. The number of hydrogen-bond donors (Lipinski definition) is 0. The summed E-state index contributed by atoms with van der Waals surface area (Å²) in [7, 11) is 0. The molecule has 0 aliphatic heterocycles. The van der Waals surface area contributed by atoms with Crippen LogP contribution in [0.25, 0.3) is 0 Å². The Hall–Kier alpha value is -0.780. The Labute approximate surface area is 119 Å². The minimum absolute atomic E-state index is 0.632. The maximum absolute atomic E-state index is 2.50. The molecule has 0 spiro atoms. The Balaban J connectivity index is 1.93. The van der Waals surface area contributed by atoms with E-state index in [1.54, 1.807) is 5.56 Å². The Morgan fingerprint density at radius 1 is 1.00 bits per heavy atom. The molecule has 0 N–H and O–H groups in total. The van der Waals surface area contributed by atoms with Crippen molar-refractivity contribution in [2.45, 2.75) is 78.1 Å². The van der Waals surface area contributed by atoms with Crippen LogP contribution in [0.3, 0.4) is 0 Å². The van der Waals surface area contributed by atoms with E-state index >= 15 is 0 Å². The van der Waals surface area contributed by atoms with E-state index in [1.807, 2.05) is 0 Å². The van der Waals surface area contributed by atoms with Crippen LogP contribution in [0.5, 0.6) is 0 Å². The zero-order chi connectivity index (χ0) is 13.7. The molecule has 0 nitrogen and oxygen atoms in total. The third-order valence-electron chi connectivity index (χ3n) is 5.04. The zero-order valence-corrected chi connectivity index (χ0v) is 13.0. The first kappa shape index (κ1) is 14.6. The Bertz CT molecular complexity index is 366. The van der Waals surface area contributed by atoms with E-state index < -0.39 is 0 Å². The maximum Gasteiger partial charge on any atom is -0.0162 e. The van der Waals surface area contributed by atoms with Crippen LogP contribution in [0.2, 0.25) is 0 Å². The lowest BCUT2D eigenvalue weighted by Crippen LogP contribution is -2.23. The summed E-state index contributed by atoms with van der Waals surface area (Å²) in [6.45, 7) is 7.07. The molecule has 106 valence electrons. The molecular weight excluding hydrogens is 228 g/mol. The first-order valence-electron chi connectivity index (χ1n) is 8.25. The van der Waals surface area contributed by atoms with Gasteiger partial charge in [-0.15, -0.1) is 0 Å². The first-order chi connectivity index (χ1) is 9.17. The molecule has 1 fully saturated rings. The average molecular weight is 258 g/mol. The summed E-state index contributed by atoms with van der Waals surface area (Å²) >= 11 is 0. The third-order valence-corrected chi connectivity index (χ3v) is 5.04. The Morgan fingerprint density at radius 2 is 1.63 bits per heavy atom. The highest BCUT2D eigenvalue weighted by Gasteiger charge is 2.30. The monoisotopic (exact) mass is 258 g/mol. The van der Waals surface area contributed by atoms with Crippen molar-refractivity contribution in [3.8, 4) is 0 Å². The summed E-state index contributed by atoms with van der Waals surface area (Å²) in [5.41, 5.74) is 3.71. The van der Waals surface area contributed by atoms with Gasteiger partial charge in [-0.1, -0.05) is 57.9 Å². The van der Waals surface area contributed by atoms with Gasteiger partial charge in [-0.05, 0) is 61.0 Å². The van der Waals surface area contributed by atoms with Crippen LogP contribution in [0.4, 0.5) is 0 Å². The quantitative estimate of drug-likeness (QED) is 0.598. The van der Waals surface area contributed by atoms with Crippen LogP contribution < -0.4 is 0 Å². The maximum atomic E-state index is 2.50. The van der Waals surface area contributed by atoms with Gasteiger partial charge in [0.25, 0.3) is 0 Å². The SMILES string of the molecule is CCCc1ccc([C@H]2CC[C@@](C)(CCC)CC2)cc1. The second-order valence-corrected chi connectivity index (χ2v) is 6.83. The minimum atomic E-state index is 0.632. The standard InChI is InChI=1S/C19H30/c1-4-6-16-7-9-17(10-8-16)18-11-14-19(3,13-5-2)15-12-18/h7-10,18H,4-6,11-15H2,1-3H3/t18-,19+. The van der Waals surface area contributed by atoms with Crippen LogP contribution in [0.1, 0.15) is 82.8 Å². The summed E-state index contributed by atoms with van der Waals surface area (Å²) in [5.74, 6) is 0.820. The van der Waals surface area contributed by atoms with Crippen LogP contribution in [-0.4, -0.2) is 0 Å². The second kappa shape index (κ2) is 6.59. The molecule has 0 unspecified atom stereocenters. The molecule has 19 heavy (non-hydrogen) atoms. The fourth-order valence-electron chi connectivity index (χ4n) is 3.75. The van der Waals surface area contributed by atoms with E-state index in [2.05, 4.69) is 45.0 Å². The lowest BCUT2D eigenvalue weighted by Gasteiger charge is -2.37. The molecule has 0 bridgehead atoms. The van der Waals surface area contributed by atoms with Gasteiger partial charge in [0.2, 0.25) is 0 Å². The van der Waals surface area contributed by atoms with Gasteiger partial charge in [0.15, 0.2) is 0 Å². The molecule has 0 amide bonds. The van der Waals surface area contributed by atoms with Crippen molar-refractivity contribution in [1.29, 1.82) is 0 Å². The van der Waals surface area contributed by atoms with Crippen LogP contribution >= 0.6 is 0 Å². The van der Waals surface area contributed by atoms with Gasteiger partial charge in [0.05, 0.1) is 0 Å². The smallest absolute Gasteiger partial charge is 0.0162 e. The van der Waals surface area contributed by atoms with E-state index in [-0.39, 0.29) is 0 Å². The Morgan fingerprint density at radius 3 is 2.16 bits per heavy atom. The van der Waals surface area contributed by atoms with E-state index in [9.17, 15) is 0 Å². The van der Waals surface area contributed by atoms with E-state index in [0.29, 0.717) is 5.41 Å². The van der Waals surface area contributed by atoms with Crippen LogP contribution in [0, 0.1) is 5.41 Å². The summed E-state index contributed by atoms with van der Waals surface area (Å²) in [4.78, 5) is 0. The van der Waals surface area contributed by atoms with E-state index in [4.69, 9.17) is 0 Å². The zero-order valence-electron chi connectivity index (χ0n) is 13.0. The third kappa shape index (κ3) is 3.84. The number of rotatable bonds is 5. The molecule has 1 saturated carbocycles. The topological polar surface area (TPSA) is 0 Å². The molecule has 0 heterocycles. The van der Waals surface area contributed by atoms with Crippen molar-refractivity contribution in [3.05, 3.63) is 35.4 Å². The molecular formula is C19H30. The van der Waals surface area contributed by atoms with Gasteiger partial charge in [-0.25, -0.2) is 0 Å². The predicted octanol–water partition coefficient (Wildman–Crippen LogP) is 6.10. The van der Waals surface area contributed by atoms with E-state index in [1.165, 1.54) is 56.9 Å². The van der Waals surface area contributed by atoms with Gasteiger partial charge in [-0.2, -0.15) is 0 Å². The van der Waals surface area contributed by atoms with Crippen molar-refractivity contribution >= 4 is 0 Å². The molecule has 0 atom stereocenters. The van der Waals surface area contributed by atoms with Crippen molar-refractivity contribution in [2.24, 2.45) is 5.41 Å². The average Bonchev–Trinajstić information content (AvgIpc) is 2.41. The minimum Gasteiger partial charge on any atom is -0.0654 e. The van der Waals surface area contributed by atoms with Crippen LogP contribution in [0.15, 0.2) is 24.3 Å². The van der Waals surface area contributed by atoms with E-state index in [0.717, 1.165) is 5.92 Å². The molecule has 1 aliphatic rings. The highest BCUT2D eigenvalue weighted by molar-refractivity contribution is 5.26. The number of aryl methyl sites for hydroxylation is 1. The molecule has 0 heteroatoms. The molecule has 0 radical (unpaired) electrons. The summed E-state index contributed by atoms with van der Waals surface area (Å²) in [5, 5.41) is 0. The van der Waals surface area contributed by atoms with Gasteiger partial charge in [0.1, 0.15) is 0 Å². The van der Waals surface area contributed by atoms with Gasteiger partial charge in [0, 0.05) is 0 Å². The van der Waals surface area contributed by atoms with Gasteiger partial charge in [-0.3, -0.25) is 0 Å². The normalized spacial score (nSPS) is 27.4. The Kier molecular flexibility index (Phi) is 5.07. The molecule has 0 aromatic heterocycles. The highest BCUT2D eigenvalue weighted by atomic mass is 14.4. The lowest BCUT2D eigenvalue weighted by atomic mass is 9.68. The fourth-order valence-corrected chi connectivity index (χ4v) is 3.75. The second-order valence-electron chi connectivity index (χ2n) is 6.83. The number of hydrogen-bond acceptors (Lipinski definition) is 0. The molecule has 2 rings (SSSR count). The summed E-state index contributed by atoms with van der Waals surface area (Å²) in [6.07, 6.45) is 10.8. The van der Waals surface area contributed by atoms with Crippen molar-refractivity contribution < 1.29 is 0 Å². The summed E-state index contributed by atoms with van der Waals surface area (Å²) in [6, 6.07) is 9.47. The highest BCUT2D eigenvalue weighted by Crippen LogP contribution is 2.45. The number of benzene rings is 1. The molecule has 0 saturated heterocycles. The van der Waals surface area contributed by atoms with Gasteiger partial charge >= 0.3 is 0 Å². The van der Waals surface area contributed by atoms with Crippen LogP contribution in [-0.2, 0) is 6.42 Å². The molecule has 1 aromatic rings.